The Kier molecular flexibility index (Phi) is 4.49. The fourth-order valence-corrected chi connectivity index (χ4v) is 3.09. The second kappa shape index (κ2) is 6.43. The highest BCUT2D eigenvalue weighted by Crippen LogP contribution is 2.33. The van der Waals surface area contributed by atoms with Gasteiger partial charge in [-0.15, -0.1) is 0 Å². The van der Waals surface area contributed by atoms with Gasteiger partial charge in [0.2, 0.25) is 5.91 Å². The van der Waals surface area contributed by atoms with Crippen LogP contribution in [-0.4, -0.2) is 66.4 Å². The third-order valence-electron chi connectivity index (χ3n) is 4.58. The number of nitrogens with zero attached hydrogens (tertiary/aromatic N) is 2. The van der Waals surface area contributed by atoms with Crippen LogP contribution in [-0.2, 0) is 4.79 Å². The predicted octanol–water partition coefficient (Wildman–Crippen LogP) is 1.62. The Bertz CT molecular complexity index is 649. The van der Waals surface area contributed by atoms with Crippen molar-refractivity contribution in [3.8, 4) is 5.75 Å². The van der Waals surface area contributed by atoms with Crippen LogP contribution in [0, 0.1) is 0 Å². The average molecular weight is 331 g/mol. The van der Waals surface area contributed by atoms with Crippen molar-refractivity contribution in [2.24, 2.45) is 0 Å². The summed E-state index contributed by atoms with van der Waals surface area (Å²) in [7, 11) is 0. The van der Waals surface area contributed by atoms with E-state index in [0.717, 1.165) is 24.5 Å². The van der Waals surface area contributed by atoms with Gasteiger partial charge in [0.15, 0.2) is 5.78 Å². The van der Waals surface area contributed by atoms with Crippen molar-refractivity contribution in [2.45, 2.75) is 26.4 Å². The topological polar surface area (TPSA) is 61.9 Å². The number of piperazine rings is 1. The molecule has 0 atom stereocenters. The van der Waals surface area contributed by atoms with Crippen LogP contribution >= 0.6 is 0 Å². The fraction of sp³-hybridized carbons (Fsp3) is 0.556. The highest BCUT2D eigenvalue weighted by molar-refractivity contribution is 5.98. The first-order chi connectivity index (χ1) is 11.3. The van der Waals surface area contributed by atoms with E-state index in [9.17, 15) is 9.59 Å². The summed E-state index contributed by atoms with van der Waals surface area (Å²) in [5.74, 6) is 0.989. The minimum absolute atomic E-state index is 0.0979. The molecule has 1 N–H and O–H groups in total. The molecule has 2 heterocycles. The molecule has 1 amide bonds. The van der Waals surface area contributed by atoms with Gasteiger partial charge in [-0.05, 0) is 32.0 Å². The van der Waals surface area contributed by atoms with E-state index in [0.29, 0.717) is 31.7 Å². The van der Waals surface area contributed by atoms with Crippen LogP contribution in [0.5, 0.6) is 5.75 Å². The number of benzene rings is 1. The van der Waals surface area contributed by atoms with E-state index in [2.05, 4.69) is 10.2 Å². The summed E-state index contributed by atoms with van der Waals surface area (Å²) in [6.07, 6.45) is 0. The zero-order chi connectivity index (χ0) is 17.3. The number of anilines is 1. The standard InChI is InChI=1S/C18H25N3O3/c1-13(22)21-8-6-20(7-9-21)11-16(23)14-4-5-17-15(10-14)19-12-18(2,3)24-17/h4-5,10,19H,6-9,11-12H2,1-3H3. The first-order valence-electron chi connectivity index (χ1n) is 8.42. The summed E-state index contributed by atoms with van der Waals surface area (Å²) in [6, 6.07) is 5.57. The van der Waals surface area contributed by atoms with Gasteiger partial charge >= 0.3 is 0 Å². The van der Waals surface area contributed by atoms with Crippen molar-refractivity contribution in [1.29, 1.82) is 0 Å². The summed E-state index contributed by atoms with van der Waals surface area (Å²) < 4.78 is 5.92. The van der Waals surface area contributed by atoms with Crippen molar-refractivity contribution in [1.82, 2.24) is 9.80 Å². The maximum Gasteiger partial charge on any atom is 0.219 e. The number of hydrogen-bond donors (Lipinski definition) is 1. The molecular weight excluding hydrogens is 306 g/mol. The molecule has 0 unspecified atom stereocenters. The van der Waals surface area contributed by atoms with Crippen LogP contribution in [0.4, 0.5) is 5.69 Å². The van der Waals surface area contributed by atoms with Crippen molar-refractivity contribution < 1.29 is 14.3 Å². The van der Waals surface area contributed by atoms with Gasteiger partial charge in [-0.2, -0.15) is 0 Å². The smallest absolute Gasteiger partial charge is 0.219 e. The molecule has 0 aromatic heterocycles. The van der Waals surface area contributed by atoms with Gasteiger partial charge in [-0.3, -0.25) is 14.5 Å². The quantitative estimate of drug-likeness (QED) is 0.853. The molecule has 1 aromatic rings. The minimum atomic E-state index is -0.241. The van der Waals surface area contributed by atoms with Gasteiger partial charge in [0, 0.05) is 38.7 Å². The third kappa shape index (κ3) is 3.70. The van der Waals surface area contributed by atoms with Crippen LogP contribution in [0.15, 0.2) is 18.2 Å². The molecule has 0 spiro atoms. The van der Waals surface area contributed by atoms with Gasteiger partial charge in [0.1, 0.15) is 11.4 Å². The normalized spacial score (nSPS) is 19.9. The lowest BCUT2D eigenvalue weighted by atomic mass is 10.0. The minimum Gasteiger partial charge on any atom is -0.484 e. The molecule has 130 valence electrons. The molecule has 1 fully saturated rings. The Labute approximate surface area is 142 Å². The van der Waals surface area contributed by atoms with Crippen LogP contribution in [0.25, 0.3) is 0 Å². The molecule has 6 nitrogen and oxygen atoms in total. The number of amides is 1. The van der Waals surface area contributed by atoms with E-state index in [-0.39, 0.29) is 17.3 Å². The third-order valence-corrected chi connectivity index (χ3v) is 4.58. The van der Waals surface area contributed by atoms with E-state index in [4.69, 9.17) is 4.74 Å². The fourth-order valence-electron chi connectivity index (χ4n) is 3.09. The predicted molar refractivity (Wildman–Crippen MR) is 92.7 cm³/mol. The number of ether oxygens (including phenoxy) is 1. The molecule has 0 radical (unpaired) electrons. The molecule has 3 rings (SSSR count). The summed E-state index contributed by atoms with van der Waals surface area (Å²) in [4.78, 5) is 27.8. The van der Waals surface area contributed by atoms with Gasteiger partial charge in [0.25, 0.3) is 0 Å². The van der Waals surface area contributed by atoms with E-state index in [1.165, 1.54) is 0 Å². The molecule has 24 heavy (non-hydrogen) atoms. The molecule has 1 saturated heterocycles. The number of ketones is 1. The molecule has 1 aromatic carbocycles. The molecule has 2 aliphatic rings. The molecule has 0 saturated carbocycles. The highest BCUT2D eigenvalue weighted by atomic mass is 16.5. The van der Waals surface area contributed by atoms with Crippen LogP contribution in [0.1, 0.15) is 31.1 Å². The summed E-state index contributed by atoms with van der Waals surface area (Å²) in [5, 5.41) is 3.34. The largest absolute Gasteiger partial charge is 0.484 e. The first-order valence-corrected chi connectivity index (χ1v) is 8.42. The van der Waals surface area contributed by atoms with Gasteiger partial charge in [0.05, 0.1) is 18.8 Å². The number of Topliss-reactive ketones (excluding diaryl/α,β-unsaturated/α-hetero) is 1. The monoisotopic (exact) mass is 331 g/mol. The Hall–Kier alpha value is -2.08. The summed E-state index contributed by atoms with van der Waals surface area (Å²) >= 11 is 0. The Morgan fingerprint density at radius 2 is 1.92 bits per heavy atom. The van der Waals surface area contributed by atoms with Crippen LogP contribution < -0.4 is 10.1 Å². The van der Waals surface area contributed by atoms with Crippen molar-refractivity contribution in [3.05, 3.63) is 23.8 Å². The van der Waals surface area contributed by atoms with Crippen LogP contribution in [0.2, 0.25) is 0 Å². The number of carbonyl (C=O) groups is 2. The lowest BCUT2D eigenvalue weighted by Gasteiger charge is -2.34. The SMILES string of the molecule is CC(=O)N1CCN(CC(=O)c2ccc3c(c2)NCC(C)(C)O3)CC1. The molecular formula is C18H25N3O3. The average Bonchev–Trinajstić information content (AvgIpc) is 2.54. The second-order valence-electron chi connectivity index (χ2n) is 7.13. The Morgan fingerprint density at radius 3 is 2.58 bits per heavy atom. The number of hydrogen-bond acceptors (Lipinski definition) is 5. The Morgan fingerprint density at radius 1 is 1.21 bits per heavy atom. The van der Waals surface area contributed by atoms with E-state index < -0.39 is 0 Å². The van der Waals surface area contributed by atoms with Crippen molar-refractivity contribution in [3.63, 3.8) is 0 Å². The van der Waals surface area contributed by atoms with Gasteiger partial charge in [-0.25, -0.2) is 0 Å². The second-order valence-corrected chi connectivity index (χ2v) is 7.13. The molecule has 6 heteroatoms. The van der Waals surface area contributed by atoms with Gasteiger partial charge in [-0.1, -0.05) is 0 Å². The Balaban J connectivity index is 1.61. The van der Waals surface area contributed by atoms with Crippen molar-refractivity contribution >= 4 is 17.4 Å². The van der Waals surface area contributed by atoms with E-state index in [1.807, 2.05) is 36.9 Å². The highest BCUT2D eigenvalue weighted by Gasteiger charge is 2.27. The molecule has 0 bridgehead atoms. The number of fused-ring (bicyclic) bond motifs is 1. The maximum atomic E-state index is 12.6. The number of rotatable bonds is 3. The van der Waals surface area contributed by atoms with E-state index >= 15 is 0 Å². The maximum absolute atomic E-state index is 12.6. The first kappa shape index (κ1) is 16.8. The van der Waals surface area contributed by atoms with Crippen molar-refractivity contribution in [2.75, 3.05) is 44.6 Å². The summed E-state index contributed by atoms with van der Waals surface area (Å²) in [6.45, 7) is 9.61. The molecule has 2 aliphatic heterocycles. The van der Waals surface area contributed by atoms with Gasteiger partial charge < -0.3 is 15.0 Å². The number of nitrogens with one attached hydrogen (secondary N) is 1. The zero-order valence-corrected chi connectivity index (χ0v) is 14.6. The lowest BCUT2D eigenvalue weighted by molar-refractivity contribution is -0.130. The van der Waals surface area contributed by atoms with Crippen LogP contribution in [0.3, 0.4) is 0 Å². The lowest BCUT2D eigenvalue weighted by Crippen LogP contribution is -2.49. The number of carbonyl (C=O) groups excluding carboxylic acids is 2. The van der Waals surface area contributed by atoms with E-state index in [1.54, 1.807) is 6.92 Å². The zero-order valence-electron chi connectivity index (χ0n) is 14.6. The summed E-state index contributed by atoms with van der Waals surface area (Å²) in [5.41, 5.74) is 1.33. The molecule has 0 aliphatic carbocycles.